The number of aromatic nitrogens is 4. The van der Waals surface area contributed by atoms with E-state index in [0.29, 0.717) is 5.92 Å². The van der Waals surface area contributed by atoms with Crippen LogP contribution in [0.1, 0.15) is 24.5 Å². The second-order valence-electron chi connectivity index (χ2n) is 3.55. The van der Waals surface area contributed by atoms with Crippen LogP contribution in [-0.2, 0) is 0 Å². The molecule has 0 atom stereocenters. The Hall–Kier alpha value is -1.71. The largest absolute Gasteiger partial charge is 0.340 e. The van der Waals surface area contributed by atoms with Gasteiger partial charge < -0.3 is 4.98 Å². The molecule has 0 unspecified atom stereocenters. The molecule has 2 aromatic heterocycles. The Kier molecular flexibility index (Phi) is 1.59. The van der Waals surface area contributed by atoms with Crippen molar-refractivity contribution in [2.45, 2.75) is 18.8 Å². The molecular weight excluding hydrogens is 176 g/mol. The van der Waals surface area contributed by atoms with E-state index in [1.165, 1.54) is 18.5 Å². The molecule has 2 aromatic rings. The van der Waals surface area contributed by atoms with Gasteiger partial charge in [-0.3, -0.25) is 4.98 Å². The summed E-state index contributed by atoms with van der Waals surface area (Å²) in [5.74, 6) is 1.52. The van der Waals surface area contributed by atoms with E-state index >= 15 is 0 Å². The van der Waals surface area contributed by atoms with Crippen molar-refractivity contribution in [3.8, 4) is 11.5 Å². The predicted molar refractivity (Wildman–Crippen MR) is 51.6 cm³/mol. The van der Waals surface area contributed by atoms with Crippen LogP contribution in [0.2, 0.25) is 0 Å². The minimum atomic E-state index is 0.702. The molecule has 0 bridgehead atoms. The van der Waals surface area contributed by atoms with Crippen molar-refractivity contribution in [3.05, 3.63) is 30.5 Å². The molecule has 70 valence electrons. The van der Waals surface area contributed by atoms with Gasteiger partial charge in [-0.2, -0.15) is 0 Å². The Balaban J connectivity index is 1.96. The summed E-state index contributed by atoms with van der Waals surface area (Å²) in [5, 5.41) is 0. The fourth-order valence-electron chi connectivity index (χ4n) is 1.49. The van der Waals surface area contributed by atoms with Crippen molar-refractivity contribution in [3.63, 3.8) is 0 Å². The van der Waals surface area contributed by atoms with Crippen LogP contribution in [-0.4, -0.2) is 19.9 Å². The first kappa shape index (κ1) is 7.67. The van der Waals surface area contributed by atoms with Crippen molar-refractivity contribution in [1.82, 2.24) is 19.9 Å². The molecule has 4 nitrogen and oxygen atoms in total. The van der Waals surface area contributed by atoms with Crippen molar-refractivity contribution in [2.24, 2.45) is 0 Å². The lowest BCUT2D eigenvalue weighted by atomic mass is 10.3. The standard InChI is InChI=1S/C10H10N4/c1-2-7(1)8-6-13-10(14-8)9-5-11-3-4-12-9/h3-7H,1-2H2,(H,13,14). The van der Waals surface area contributed by atoms with Crippen molar-refractivity contribution in [2.75, 3.05) is 0 Å². The molecule has 0 aliphatic heterocycles. The number of H-pyrrole nitrogens is 1. The maximum atomic E-state index is 4.29. The van der Waals surface area contributed by atoms with Gasteiger partial charge in [0.2, 0.25) is 0 Å². The molecule has 1 N–H and O–H groups in total. The summed E-state index contributed by atoms with van der Waals surface area (Å²) < 4.78 is 0. The van der Waals surface area contributed by atoms with Gasteiger partial charge >= 0.3 is 0 Å². The van der Waals surface area contributed by atoms with Crippen LogP contribution < -0.4 is 0 Å². The Bertz CT molecular complexity index is 430. The van der Waals surface area contributed by atoms with E-state index in [-0.39, 0.29) is 0 Å². The second-order valence-corrected chi connectivity index (χ2v) is 3.55. The Morgan fingerprint density at radius 3 is 2.79 bits per heavy atom. The minimum absolute atomic E-state index is 0.702. The molecule has 2 heterocycles. The van der Waals surface area contributed by atoms with E-state index in [2.05, 4.69) is 19.9 Å². The van der Waals surface area contributed by atoms with Gasteiger partial charge in [-0.25, -0.2) is 9.97 Å². The first-order valence-corrected chi connectivity index (χ1v) is 4.75. The summed E-state index contributed by atoms with van der Waals surface area (Å²) >= 11 is 0. The molecule has 0 aromatic carbocycles. The second kappa shape index (κ2) is 2.90. The Morgan fingerprint density at radius 1 is 1.14 bits per heavy atom. The van der Waals surface area contributed by atoms with E-state index in [4.69, 9.17) is 0 Å². The van der Waals surface area contributed by atoms with Crippen molar-refractivity contribution in [1.29, 1.82) is 0 Å². The zero-order chi connectivity index (χ0) is 9.38. The molecule has 0 radical (unpaired) electrons. The third kappa shape index (κ3) is 1.28. The van der Waals surface area contributed by atoms with Gasteiger partial charge in [0, 0.05) is 30.2 Å². The van der Waals surface area contributed by atoms with Crippen LogP contribution in [0, 0.1) is 0 Å². The third-order valence-corrected chi connectivity index (χ3v) is 2.42. The number of rotatable bonds is 2. The van der Waals surface area contributed by atoms with E-state index in [9.17, 15) is 0 Å². The van der Waals surface area contributed by atoms with Gasteiger partial charge in [0.25, 0.3) is 0 Å². The van der Waals surface area contributed by atoms with Gasteiger partial charge in [0.05, 0.1) is 6.20 Å². The summed E-state index contributed by atoms with van der Waals surface area (Å²) in [6, 6.07) is 0. The lowest BCUT2D eigenvalue weighted by Gasteiger charge is -1.93. The topological polar surface area (TPSA) is 54.5 Å². The molecular formula is C10H10N4. The van der Waals surface area contributed by atoms with Gasteiger partial charge in [0.1, 0.15) is 5.69 Å². The minimum Gasteiger partial charge on any atom is -0.340 e. The maximum absolute atomic E-state index is 4.29. The number of imidazole rings is 1. The highest BCUT2D eigenvalue weighted by Gasteiger charge is 2.25. The third-order valence-electron chi connectivity index (χ3n) is 2.42. The number of aromatic amines is 1. The Labute approximate surface area is 81.4 Å². The van der Waals surface area contributed by atoms with Gasteiger partial charge in [-0.1, -0.05) is 0 Å². The zero-order valence-electron chi connectivity index (χ0n) is 7.64. The molecule has 0 spiro atoms. The molecule has 1 aliphatic carbocycles. The highest BCUT2D eigenvalue weighted by Crippen LogP contribution is 2.39. The lowest BCUT2D eigenvalue weighted by Crippen LogP contribution is -1.86. The average Bonchev–Trinajstić information content (AvgIpc) is 2.98. The van der Waals surface area contributed by atoms with Gasteiger partial charge in [0.15, 0.2) is 5.82 Å². The highest BCUT2D eigenvalue weighted by atomic mass is 15.0. The first-order chi connectivity index (χ1) is 6.93. The average molecular weight is 186 g/mol. The van der Waals surface area contributed by atoms with Crippen molar-refractivity contribution >= 4 is 0 Å². The smallest absolute Gasteiger partial charge is 0.157 e. The summed E-state index contributed by atoms with van der Waals surface area (Å²) in [6.45, 7) is 0. The quantitative estimate of drug-likeness (QED) is 0.777. The number of nitrogens with zero attached hydrogens (tertiary/aromatic N) is 3. The zero-order valence-corrected chi connectivity index (χ0v) is 7.64. The van der Waals surface area contributed by atoms with Crippen LogP contribution in [0.3, 0.4) is 0 Å². The molecule has 3 rings (SSSR count). The fraction of sp³-hybridized carbons (Fsp3) is 0.300. The highest BCUT2D eigenvalue weighted by molar-refractivity contribution is 5.47. The lowest BCUT2D eigenvalue weighted by molar-refractivity contribution is 1.05. The summed E-state index contributed by atoms with van der Waals surface area (Å²) in [4.78, 5) is 15.8. The summed E-state index contributed by atoms with van der Waals surface area (Å²) in [7, 11) is 0. The van der Waals surface area contributed by atoms with Crippen LogP contribution in [0.4, 0.5) is 0 Å². The van der Waals surface area contributed by atoms with E-state index in [0.717, 1.165) is 11.5 Å². The van der Waals surface area contributed by atoms with Gasteiger partial charge in [-0.15, -0.1) is 0 Å². The number of nitrogens with one attached hydrogen (secondary N) is 1. The number of hydrogen-bond acceptors (Lipinski definition) is 3. The molecule has 0 amide bonds. The molecule has 4 heteroatoms. The van der Waals surface area contributed by atoms with E-state index in [1.54, 1.807) is 18.6 Å². The first-order valence-electron chi connectivity index (χ1n) is 4.75. The van der Waals surface area contributed by atoms with Crippen molar-refractivity contribution < 1.29 is 0 Å². The van der Waals surface area contributed by atoms with Crippen LogP contribution in [0.25, 0.3) is 11.5 Å². The molecule has 1 fully saturated rings. The maximum Gasteiger partial charge on any atom is 0.157 e. The fourth-order valence-corrected chi connectivity index (χ4v) is 1.49. The van der Waals surface area contributed by atoms with E-state index in [1.807, 2.05) is 6.20 Å². The Morgan fingerprint density at radius 2 is 2.07 bits per heavy atom. The summed E-state index contributed by atoms with van der Waals surface area (Å²) in [6.07, 6.45) is 9.52. The van der Waals surface area contributed by atoms with Crippen LogP contribution in [0.5, 0.6) is 0 Å². The summed E-state index contributed by atoms with van der Waals surface area (Å²) in [5.41, 5.74) is 2.03. The normalized spacial score (nSPS) is 15.7. The number of hydrogen-bond donors (Lipinski definition) is 1. The monoisotopic (exact) mass is 186 g/mol. The molecule has 0 saturated heterocycles. The molecule has 1 aliphatic rings. The van der Waals surface area contributed by atoms with Crippen LogP contribution >= 0.6 is 0 Å². The molecule has 1 saturated carbocycles. The predicted octanol–water partition coefficient (Wildman–Crippen LogP) is 1.74. The molecule has 14 heavy (non-hydrogen) atoms. The SMILES string of the molecule is c1cnc(-c2ncc(C3CC3)[nH]2)cn1. The van der Waals surface area contributed by atoms with Crippen LogP contribution in [0.15, 0.2) is 24.8 Å². The van der Waals surface area contributed by atoms with E-state index < -0.39 is 0 Å². The van der Waals surface area contributed by atoms with Gasteiger partial charge in [-0.05, 0) is 12.8 Å².